The van der Waals surface area contributed by atoms with Gasteiger partial charge in [0, 0.05) is 83.3 Å². The van der Waals surface area contributed by atoms with Gasteiger partial charge in [0.1, 0.15) is 0 Å². The minimum Gasteiger partial charge on any atom is -0.375 e. The zero-order chi connectivity index (χ0) is 34.8. The van der Waals surface area contributed by atoms with E-state index in [2.05, 4.69) is 189 Å². The second kappa shape index (κ2) is 9.54. The van der Waals surface area contributed by atoms with Crippen molar-refractivity contribution in [2.45, 2.75) is 0 Å². The summed E-state index contributed by atoms with van der Waals surface area (Å²) in [5.41, 5.74) is 20.8. The fourth-order valence-electron chi connectivity index (χ4n) is 11.0. The van der Waals surface area contributed by atoms with Crippen LogP contribution in [0.1, 0.15) is 0 Å². The zero-order valence-electron chi connectivity index (χ0n) is 29.1. The molecule has 0 bridgehead atoms. The van der Waals surface area contributed by atoms with E-state index in [0.29, 0.717) is 0 Å². The lowest BCUT2D eigenvalue weighted by molar-refractivity contribution is 1.22. The molecule has 0 radical (unpaired) electrons. The van der Waals surface area contributed by atoms with Crippen molar-refractivity contribution in [3.05, 3.63) is 170 Å². The molecule has 0 saturated carbocycles. The maximum atomic E-state index is 2.70. The summed E-state index contributed by atoms with van der Waals surface area (Å²) < 4.78 is 5.40. The number of nitrogens with zero attached hydrogens (tertiary/aromatic N) is 4. The van der Waals surface area contributed by atoms with Gasteiger partial charge in [-0.15, -0.1) is 0 Å². The highest BCUT2D eigenvalue weighted by Gasteiger charge is 2.51. The fourth-order valence-corrected chi connectivity index (χ4v) is 11.0. The largest absolute Gasteiger partial charge is 0.375 e. The Morgan fingerprint density at radius 1 is 0.333 bits per heavy atom. The van der Waals surface area contributed by atoms with Gasteiger partial charge in [-0.25, -0.2) is 0 Å². The minimum absolute atomic E-state index is 0.00253. The van der Waals surface area contributed by atoms with Gasteiger partial charge in [-0.2, -0.15) is 0 Å². The van der Waals surface area contributed by atoms with Gasteiger partial charge in [-0.1, -0.05) is 109 Å². The topological polar surface area (TPSA) is 16.3 Å². The van der Waals surface area contributed by atoms with Crippen LogP contribution in [-0.2, 0) is 0 Å². The van der Waals surface area contributed by atoms with Crippen LogP contribution in [0.3, 0.4) is 0 Å². The number of hydrogen-bond donors (Lipinski definition) is 0. The number of aromatic nitrogens is 2. The Morgan fingerprint density at radius 2 is 0.759 bits per heavy atom. The number of fused-ring (bicyclic) bond motifs is 12. The van der Waals surface area contributed by atoms with E-state index in [-0.39, 0.29) is 13.7 Å². The number of hydrogen-bond acceptors (Lipinski definition) is 2. The second-order valence-corrected chi connectivity index (χ2v) is 15.2. The van der Waals surface area contributed by atoms with E-state index in [9.17, 15) is 0 Å². The maximum absolute atomic E-state index is 2.70. The Labute approximate surface area is 311 Å². The summed E-state index contributed by atoms with van der Waals surface area (Å²) >= 11 is 0. The third-order valence-electron chi connectivity index (χ3n) is 12.8. The molecule has 0 amide bonds. The van der Waals surface area contributed by atoms with Crippen LogP contribution in [0.2, 0.25) is 0 Å². The summed E-state index contributed by atoms with van der Waals surface area (Å²) in [6, 6.07) is 63.5. The second-order valence-electron chi connectivity index (χ2n) is 15.2. The Hall–Kier alpha value is -6.91. The third kappa shape index (κ3) is 3.07. The first-order valence-corrected chi connectivity index (χ1v) is 18.9. The molecule has 0 N–H and O–H groups in total. The lowest BCUT2D eigenvalue weighted by atomic mass is 9.39. The van der Waals surface area contributed by atoms with E-state index in [4.69, 9.17) is 0 Å². The predicted molar refractivity (Wildman–Crippen MR) is 228 cm³/mol. The average Bonchev–Trinajstić information content (AvgIpc) is 3.75. The van der Waals surface area contributed by atoms with Crippen molar-refractivity contribution in [1.82, 2.24) is 8.96 Å². The molecule has 14 rings (SSSR count). The van der Waals surface area contributed by atoms with Crippen LogP contribution in [0.15, 0.2) is 170 Å². The third-order valence-corrected chi connectivity index (χ3v) is 12.8. The van der Waals surface area contributed by atoms with E-state index in [1.54, 1.807) is 0 Å². The van der Waals surface area contributed by atoms with E-state index >= 15 is 0 Å². The van der Waals surface area contributed by atoms with Gasteiger partial charge < -0.3 is 18.8 Å². The molecule has 8 aromatic carbocycles. The van der Waals surface area contributed by atoms with Crippen LogP contribution in [0, 0.1) is 0 Å². The van der Waals surface area contributed by atoms with Crippen LogP contribution >= 0.6 is 0 Å². The molecule has 246 valence electrons. The molecule has 54 heavy (non-hydrogen) atoms. The molecule has 0 spiro atoms. The van der Waals surface area contributed by atoms with E-state index in [0.717, 1.165) is 0 Å². The molecule has 4 aliphatic rings. The number of anilines is 6. The lowest BCUT2D eigenvalue weighted by Crippen LogP contribution is -2.63. The molecule has 0 aliphatic carbocycles. The molecular weight excluding hydrogens is 654 g/mol. The molecule has 0 saturated heterocycles. The molecule has 6 heteroatoms. The average molecular weight is 682 g/mol. The quantitative estimate of drug-likeness (QED) is 0.169. The van der Waals surface area contributed by atoms with Crippen molar-refractivity contribution in [1.29, 1.82) is 0 Å². The lowest BCUT2D eigenvalue weighted by Gasteiger charge is -2.47. The molecule has 10 aromatic rings. The number of rotatable bonds is 2. The first kappa shape index (κ1) is 27.7. The number of benzene rings is 8. The standard InChI is InChI=1S/C48H28B2N4/c1-3-15-29(16-4-1)51-39-25-13-9-21-35(39)49-45-41(51)28-42-46-43(45)44-47-33(31-19-7-11-23-37(31)53(47)49)27-34-32-20-8-12-24-38(32)54(48(34)44)50(46)36-22-10-14-26-40(36)52(42)30-17-5-2-6-18-30/h1-28H. The van der Waals surface area contributed by atoms with Gasteiger partial charge in [0.15, 0.2) is 0 Å². The Balaban J connectivity index is 1.29. The smallest absolute Gasteiger partial charge is 0.333 e. The molecule has 0 unspecified atom stereocenters. The predicted octanol–water partition coefficient (Wildman–Crippen LogP) is 9.07. The molecular formula is C48H28B2N4. The van der Waals surface area contributed by atoms with Crippen molar-refractivity contribution < 1.29 is 0 Å². The van der Waals surface area contributed by atoms with Gasteiger partial charge in [0.05, 0.1) is 0 Å². The molecule has 0 atom stereocenters. The van der Waals surface area contributed by atoms with Gasteiger partial charge in [-0.3, -0.25) is 0 Å². The maximum Gasteiger partial charge on any atom is 0.333 e. The summed E-state index contributed by atoms with van der Waals surface area (Å²) in [6.45, 7) is 0.00507. The highest BCUT2D eigenvalue weighted by molar-refractivity contribution is 6.95. The van der Waals surface area contributed by atoms with Crippen LogP contribution in [0.5, 0.6) is 0 Å². The van der Waals surface area contributed by atoms with Crippen LogP contribution in [0.25, 0.3) is 54.7 Å². The fraction of sp³-hybridized carbons (Fsp3) is 0. The van der Waals surface area contributed by atoms with Crippen molar-refractivity contribution in [3.8, 4) is 11.1 Å². The summed E-state index contributed by atoms with van der Waals surface area (Å²) in [4.78, 5) is 5.07. The first-order valence-electron chi connectivity index (χ1n) is 18.9. The SMILES string of the molecule is c1ccc(N2c3ccccc3B3c4c2cc2c5c4-c4c6c(cc7c8ccccc8n(c47)B5c4ccccc4N2c2ccccc2)c2ccccc2n63)cc1. The molecule has 6 heterocycles. The normalized spacial score (nSPS) is 14.1. The summed E-state index contributed by atoms with van der Waals surface area (Å²) in [5, 5.41) is 5.29. The molecule has 4 aliphatic heterocycles. The summed E-state index contributed by atoms with van der Waals surface area (Å²) in [7, 11) is 0. The summed E-state index contributed by atoms with van der Waals surface area (Å²) in [5.74, 6) is 0. The molecule has 2 aromatic heterocycles. The minimum atomic E-state index is 0.00253. The zero-order valence-corrected chi connectivity index (χ0v) is 29.1. The highest BCUT2D eigenvalue weighted by atomic mass is 15.2. The Bertz CT molecular complexity index is 3100. The van der Waals surface area contributed by atoms with Gasteiger partial charge in [-0.05, 0) is 88.1 Å². The Kier molecular flexibility index (Phi) is 4.90. The van der Waals surface area contributed by atoms with Crippen LogP contribution < -0.4 is 31.7 Å². The van der Waals surface area contributed by atoms with E-state index in [1.165, 1.54) is 111 Å². The monoisotopic (exact) mass is 682 g/mol. The van der Waals surface area contributed by atoms with Crippen molar-refractivity contribution >= 4 is 113 Å². The van der Waals surface area contributed by atoms with Crippen molar-refractivity contribution in [3.63, 3.8) is 0 Å². The highest BCUT2D eigenvalue weighted by Crippen LogP contribution is 2.53. The van der Waals surface area contributed by atoms with Crippen LogP contribution in [0.4, 0.5) is 34.1 Å². The van der Waals surface area contributed by atoms with Crippen molar-refractivity contribution in [2.75, 3.05) is 9.80 Å². The van der Waals surface area contributed by atoms with Crippen LogP contribution in [-0.4, -0.2) is 22.7 Å². The van der Waals surface area contributed by atoms with Gasteiger partial charge in [0.25, 0.3) is 0 Å². The Morgan fingerprint density at radius 3 is 1.26 bits per heavy atom. The van der Waals surface area contributed by atoms with Gasteiger partial charge in [0.2, 0.25) is 0 Å². The van der Waals surface area contributed by atoms with Gasteiger partial charge >= 0.3 is 13.7 Å². The number of para-hydroxylation sites is 6. The first-order chi connectivity index (χ1) is 26.9. The van der Waals surface area contributed by atoms with Crippen molar-refractivity contribution in [2.24, 2.45) is 0 Å². The summed E-state index contributed by atoms with van der Waals surface area (Å²) in [6.07, 6.45) is 0. The molecule has 0 fully saturated rings. The molecule has 4 nitrogen and oxygen atoms in total. The van der Waals surface area contributed by atoms with E-state index < -0.39 is 0 Å². The van der Waals surface area contributed by atoms with E-state index in [1.807, 2.05) is 0 Å².